The molecule has 1 atom stereocenters. The molecular formula is C15H29Cl2NSiZr. The maximum Gasteiger partial charge on any atom is -1.00 e. The fourth-order valence-corrected chi connectivity index (χ4v) is 19.0. The maximum atomic E-state index is 4.06. The Bertz CT molecular complexity index is 455. The summed E-state index contributed by atoms with van der Waals surface area (Å²) in [7, 11) is 0. The first-order chi connectivity index (χ1) is 8.06. The van der Waals surface area contributed by atoms with Gasteiger partial charge in [-0.25, -0.2) is 0 Å². The van der Waals surface area contributed by atoms with Crippen LogP contribution in [-0.4, -0.2) is 11.0 Å². The molecule has 0 aliphatic heterocycles. The average Bonchev–Trinajstić information content (AvgIpc) is 2.39. The van der Waals surface area contributed by atoms with Gasteiger partial charge in [0.05, 0.1) is 0 Å². The summed E-state index contributed by atoms with van der Waals surface area (Å²) in [4.78, 5) is 0. The Morgan fingerprint density at radius 3 is 1.70 bits per heavy atom. The molecule has 1 N–H and O–H groups in total. The van der Waals surface area contributed by atoms with E-state index in [9.17, 15) is 0 Å². The third-order valence-electron chi connectivity index (χ3n) is 3.91. The standard InChI is InChI=1S/C9H13.C4H10N.C2H6Si.2ClH.Zr/c1-6-5-7(2)9(4)8(6)3;1-4(2,3)5;1-3-2;;;/h6H,1-4H3;5H,1-3H3;1-2H3;2*1H;/q;-1;;;;+3/p-2. The summed E-state index contributed by atoms with van der Waals surface area (Å²) in [5.74, 6) is 0.703. The van der Waals surface area contributed by atoms with Crippen molar-refractivity contribution in [3.8, 4) is 0 Å². The zero-order valence-corrected chi connectivity index (χ0v) is 19.3. The van der Waals surface area contributed by atoms with E-state index in [0.29, 0.717) is 5.92 Å². The molecule has 5 heteroatoms. The van der Waals surface area contributed by atoms with E-state index < -0.39 is 20.7 Å². The van der Waals surface area contributed by atoms with Crippen LogP contribution in [0.5, 0.6) is 0 Å². The molecule has 0 bridgehead atoms. The number of nitrogens with one attached hydrogen (secondary N) is 1. The van der Waals surface area contributed by atoms with E-state index in [0.717, 1.165) is 0 Å². The Balaban J connectivity index is 0. The summed E-state index contributed by atoms with van der Waals surface area (Å²) in [6, 6.07) is 0. The summed E-state index contributed by atoms with van der Waals surface area (Å²) in [6.07, 6.45) is 0. The van der Waals surface area contributed by atoms with Gasteiger partial charge in [-0.05, 0) is 0 Å². The summed E-state index contributed by atoms with van der Waals surface area (Å²) in [6.45, 7) is 21.4. The molecular weight excluding hydrogens is 384 g/mol. The first-order valence-corrected chi connectivity index (χ1v) is 15.5. The molecule has 1 aliphatic carbocycles. The topological polar surface area (TPSA) is 12.0 Å². The predicted octanol–water partition coefficient (Wildman–Crippen LogP) is -1.57. The number of hydrogen-bond acceptors (Lipinski definition) is 1. The van der Waals surface area contributed by atoms with Gasteiger partial charge in [-0.1, -0.05) is 0 Å². The molecule has 0 saturated carbocycles. The van der Waals surface area contributed by atoms with Gasteiger partial charge in [0, 0.05) is 0 Å². The van der Waals surface area contributed by atoms with Crippen molar-refractivity contribution in [3.05, 3.63) is 20.0 Å². The van der Waals surface area contributed by atoms with Crippen LogP contribution >= 0.6 is 0 Å². The van der Waals surface area contributed by atoms with E-state index in [1.165, 1.54) is 0 Å². The average molecular weight is 414 g/mol. The van der Waals surface area contributed by atoms with Gasteiger partial charge in [0.25, 0.3) is 0 Å². The van der Waals surface area contributed by atoms with Crippen LogP contribution in [0.1, 0.15) is 48.5 Å². The third kappa shape index (κ3) is 5.39. The molecule has 1 rings (SSSR count). The van der Waals surface area contributed by atoms with Crippen molar-refractivity contribution in [2.45, 2.75) is 67.1 Å². The van der Waals surface area contributed by atoms with Crippen molar-refractivity contribution in [1.29, 1.82) is 0 Å². The minimum atomic E-state index is -1.64. The summed E-state index contributed by atoms with van der Waals surface area (Å²) >= 11 is -1.64. The van der Waals surface area contributed by atoms with E-state index >= 15 is 0 Å². The maximum absolute atomic E-state index is 4.06. The van der Waals surface area contributed by atoms with E-state index in [4.69, 9.17) is 0 Å². The zero-order valence-electron chi connectivity index (χ0n) is 14.3. The molecule has 0 aromatic rings. The second-order valence-electron chi connectivity index (χ2n) is 6.82. The van der Waals surface area contributed by atoms with Crippen molar-refractivity contribution in [2.75, 3.05) is 0 Å². The van der Waals surface area contributed by atoms with Crippen LogP contribution in [0.2, 0.25) is 13.1 Å². The van der Waals surface area contributed by atoms with Crippen LogP contribution in [0.25, 0.3) is 0 Å². The molecule has 116 valence electrons. The number of rotatable bonds is 2. The smallest absolute Gasteiger partial charge is 1.00 e. The Hall–Kier alpha value is 1.12. The molecule has 0 radical (unpaired) electrons. The van der Waals surface area contributed by atoms with Gasteiger partial charge in [0.1, 0.15) is 0 Å². The largest absolute Gasteiger partial charge is 1.00 e. The third-order valence-corrected chi connectivity index (χ3v) is 20.4. The van der Waals surface area contributed by atoms with Crippen LogP contribution in [0.3, 0.4) is 0 Å². The Labute approximate surface area is 146 Å². The molecule has 0 amide bonds. The second-order valence-corrected chi connectivity index (χ2v) is 22.9. The van der Waals surface area contributed by atoms with E-state index in [-0.39, 0.29) is 35.8 Å². The van der Waals surface area contributed by atoms with Crippen LogP contribution in [0.15, 0.2) is 20.0 Å². The molecule has 20 heavy (non-hydrogen) atoms. The van der Waals surface area contributed by atoms with Gasteiger partial charge in [0.2, 0.25) is 0 Å². The van der Waals surface area contributed by atoms with Gasteiger partial charge < -0.3 is 24.8 Å². The van der Waals surface area contributed by atoms with Gasteiger partial charge in [-0.2, -0.15) is 0 Å². The minimum Gasteiger partial charge on any atom is -1.00 e. The molecule has 1 nitrogen and oxygen atoms in total. The second kappa shape index (κ2) is 8.67. The first-order valence-electron chi connectivity index (χ1n) is 6.90. The summed E-state index contributed by atoms with van der Waals surface area (Å²) in [5, 5.41) is 0. The molecule has 0 fully saturated rings. The van der Waals surface area contributed by atoms with Crippen LogP contribution in [0, 0.1) is 5.92 Å². The van der Waals surface area contributed by atoms with Crippen LogP contribution < -0.4 is 28.1 Å². The van der Waals surface area contributed by atoms with Gasteiger partial charge in [-0.3, -0.25) is 0 Å². The van der Waals surface area contributed by atoms with E-state index in [1.807, 2.05) is 3.28 Å². The summed E-state index contributed by atoms with van der Waals surface area (Å²) in [5.41, 5.74) is 4.87. The van der Waals surface area contributed by atoms with E-state index in [2.05, 4.69) is 64.8 Å². The zero-order chi connectivity index (χ0) is 14.2. The molecule has 0 saturated heterocycles. The van der Waals surface area contributed by atoms with Crippen molar-refractivity contribution in [3.63, 3.8) is 0 Å². The van der Waals surface area contributed by atoms with Gasteiger partial charge >= 0.3 is 122 Å². The minimum absolute atomic E-state index is 0. The summed E-state index contributed by atoms with van der Waals surface area (Å²) < 4.78 is 5.91. The van der Waals surface area contributed by atoms with Crippen molar-refractivity contribution < 1.29 is 45.5 Å². The van der Waals surface area contributed by atoms with Gasteiger partial charge in [0.15, 0.2) is 0 Å². The Kier molecular flexibility index (Phi) is 10.1. The molecule has 0 aromatic carbocycles. The molecule has 1 aliphatic rings. The first kappa shape index (κ1) is 23.4. The van der Waals surface area contributed by atoms with Crippen molar-refractivity contribution in [2.24, 2.45) is 5.92 Å². The predicted molar refractivity (Wildman–Crippen MR) is 80.6 cm³/mol. The number of halogens is 2. The van der Waals surface area contributed by atoms with Crippen molar-refractivity contribution >= 4 is 5.43 Å². The fraction of sp³-hybridized carbons (Fsp3) is 0.733. The quantitative estimate of drug-likeness (QED) is 0.540. The van der Waals surface area contributed by atoms with E-state index in [1.54, 1.807) is 16.7 Å². The Morgan fingerprint density at radius 2 is 1.45 bits per heavy atom. The fourth-order valence-electron chi connectivity index (χ4n) is 2.60. The number of allylic oxidation sites excluding steroid dienone is 4. The van der Waals surface area contributed by atoms with Crippen LogP contribution in [0.4, 0.5) is 0 Å². The van der Waals surface area contributed by atoms with Gasteiger partial charge in [-0.15, -0.1) is 0 Å². The molecule has 0 heterocycles. The Morgan fingerprint density at radius 1 is 1.00 bits per heavy atom. The molecule has 0 spiro atoms. The van der Waals surface area contributed by atoms with Crippen molar-refractivity contribution in [1.82, 2.24) is 3.26 Å². The van der Waals surface area contributed by atoms with Crippen LogP contribution in [-0.2, 0) is 20.7 Å². The normalized spacial score (nSPS) is 18.3. The molecule has 1 unspecified atom stereocenters. The SMILES string of the molecule is CC1=C(C)C(C)[C]([Zr+2]([NH]C(C)(C)C)=[Si](C)C)=C1C.[Cl-].[Cl-]. The molecule has 0 aromatic heterocycles. The monoisotopic (exact) mass is 411 g/mol. The number of hydrogen-bond donors (Lipinski definition) is 1.